The van der Waals surface area contributed by atoms with Crippen molar-refractivity contribution in [2.75, 3.05) is 0 Å². The lowest BCUT2D eigenvalue weighted by Gasteiger charge is -2.00. The Kier molecular flexibility index (Phi) is 1.89. The summed E-state index contributed by atoms with van der Waals surface area (Å²) in [6, 6.07) is 5.12. The first-order valence-electron chi connectivity index (χ1n) is 4.17. The minimum absolute atomic E-state index is 0.141. The monoisotopic (exact) mass is 188 g/mol. The van der Waals surface area contributed by atoms with Crippen LogP contribution in [0.4, 0.5) is 5.69 Å². The second-order valence-corrected chi connectivity index (χ2v) is 3.14. The van der Waals surface area contributed by atoms with E-state index in [9.17, 15) is 10.1 Å². The molecule has 0 aliphatic rings. The van der Waals surface area contributed by atoms with E-state index in [-0.39, 0.29) is 10.6 Å². The van der Waals surface area contributed by atoms with E-state index in [1.54, 1.807) is 24.5 Å². The molecule has 2 rings (SSSR count). The van der Waals surface area contributed by atoms with Crippen LogP contribution in [0.2, 0.25) is 0 Å². The van der Waals surface area contributed by atoms with Crippen LogP contribution < -0.4 is 0 Å². The summed E-state index contributed by atoms with van der Waals surface area (Å²) in [6.45, 7) is 1.83. The van der Waals surface area contributed by atoms with Crippen molar-refractivity contribution in [3.63, 3.8) is 0 Å². The number of fused-ring (bicyclic) bond motifs is 1. The van der Waals surface area contributed by atoms with Crippen LogP contribution in [0.15, 0.2) is 30.6 Å². The van der Waals surface area contributed by atoms with Gasteiger partial charge in [0.15, 0.2) is 0 Å². The maximum Gasteiger partial charge on any atom is 0.277 e. The van der Waals surface area contributed by atoms with Crippen LogP contribution in [-0.2, 0) is 0 Å². The highest BCUT2D eigenvalue weighted by Gasteiger charge is 2.11. The van der Waals surface area contributed by atoms with Crippen molar-refractivity contribution in [2.24, 2.45) is 0 Å². The highest BCUT2D eigenvalue weighted by atomic mass is 16.6. The molecule has 0 atom stereocenters. The van der Waals surface area contributed by atoms with Crippen LogP contribution in [0, 0.1) is 17.0 Å². The number of non-ortho nitro benzene ring substituents is 1. The van der Waals surface area contributed by atoms with Gasteiger partial charge in [-0.15, -0.1) is 0 Å². The average Bonchev–Trinajstić information content (AvgIpc) is 2.16. The zero-order valence-electron chi connectivity index (χ0n) is 7.60. The predicted octanol–water partition coefficient (Wildman–Crippen LogP) is 2.45. The molecule has 4 nitrogen and oxygen atoms in total. The Morgan fingerprint density at radius 2 is 2.21 bits per heavy atom. The molecule has 0 N–H and O–H groups in total. The van der Waals surface area contributed by atoms with Crippen LogP contribution in [0.3, 0.4) is 0 Å². The number of aromatic nitrogens is 1. The van der Waals surface area contributed by atoms with E-state index in [2.05, 4.69) is 4.98 Å². The molecule has 2 aromatic rings. The van der Waals surface area contributed by atoms with Crippen molar-refractivity contribution >= 4 is 16.5 Å². The maximum atomic E-state index is 10.8. The molecule has 0 saturated heterocycles. The first-order valence-corrected chi connectivity index (χ1v) is 4.17. The normalized spacial score (nSPS) is 10.4. The van der Waals surface area contributed by atoms with Crippen molar-refractivity contribution in [1.29, 1.82) is 0 Å². The molecule has 0 aliphatic heterocycles. The zero-order chi connectivity index (χ0) is 10.1. The number of rotatable bonds is 1. The Morgan fingerprint density at radius 3 is 2.93 bits per heavy atom. The quantitative estimate of drug-likeness (QED) is 0.510. The summed E-state index contributed by atoms with van der Waals surface area (Å²) in [5.41, 5.74) is 1.01. The number of pyridine rings is 1. The third-order valence-electron chi connectivity index (χ3n) is 2.07. The van der Waals surface area contributed by atoms with Crippen molar-refractivity contribution < 1.29 is 4.92 Å². The van der Waals surface area contributed by atoms with E-state index < -0.39 is 0 Å². The van der Waals surface area contributed by atoms with E-state index >= 15 is 0 Å². The van der Waals surface area contributed by atoms with E-state index in [0.29, 0.717) is 5.39 Å². The van der Waals surface area contributed by atoms with Crippen molar-refractivity contribution in [1.82, 2.24) is 4.98 Å². The molecular weight excluding hydrogens is 180 g/mol. The fourth-order valence-corrected chi connectivity index (χ4v) is 1.49. The van der Waals surface area contributed by atoms with Crippen LogP contribution in [-0.4, -0.2) is 9.91 Å². The molecular formula is C10H8N2O2. The highest BCUT2D eigenvalue weighted by Crippen LogP contribution is 2.25. The molecule has 70 valence electrons. The Labute approximate surface area is 80.4 Å². The smallest absolute Gasteiger partial charge is 0.264 e. The first-order chi connectivity index (χ1) is 6.68. The van der Waals surface area contributed by atoms with Gasteiger partial charge in [-0.05, 0) is 24.6 Å². The van der Waals surface area contributed by atoms with Crippen LogP contribution in [0.5, 0.6) is 0 Å². The van der Waals surface area contributed by atoms with Gasteiger partial charge in [-0.25, -0.2) is 0 Å². The largest absolute Gasteiger partial charge is 0.277 e. The molecule has 1 aromatic carbocycles. The van der Waals surface area contributed by atoms with Gasteiger partial charge >= 0.3 is 0 Å². The Hall–Kier alpha value is -1.97. The van der Waals surface area contributed by atoms with Gasteiger partial charge in [0.25, 0.3) is 5.69 Å². The Balaban J connectivity index is 2.87. The predicted molar refractivity (Wildman–Crippen MR) is 53.1 cm³/mol. The van der Waals surface area contributed by atoms with Crippen molar-refractivity contribution in [2.45, 2.75) is 6.92 Å². The van der Waals surface area contributed by atoms with Gasteiger partial charge in [-0.2, -0.15) is 0 Å². The maximum absolute atomic E-state index is 10.8. The third-order valence-corrected chi connectivity index (χ3v) is 2.07. The fraction of sp³-hybridized carbons (Fsp3) is 0.100. The number of aryl methyl sites for hydroxylation is 1. The lowest BCUT2D eigenvalue weighted by molar-refractivity contribution is -0.383. The lowest BCUT2D eigenvalue weighted by atomic mass is 10.1. The summed E-state index contributed by atoms with van der Waals surface area (Å²) in [7, 11) is 0. The number of nitro groups is 1. The van der Waals surface area contributed by atoms with Gasteiger partial charge in [0, 0.05) is 23.8 Å². The molecule has 4 heteroatoms. The summed E-state index contributed by atoms with van der Waals surface area (Å²) in [4.78, 5) is 14.3. The summed E-state index contributed by atoms with van der Waals surface area (Å²) in [6.07, 6.45) is 3.19. The minimum Gasteiger partial charge on any atom is -0.264 e. The molecule has 0 spiro atoms. The molecule has 14 heavy (non-hydrogen) atoms. The summed E-state index contributed by atoms with van der Waals surface area (Å²) < 4.78 is 0. The van der Waals surface area contributed by atoms with E-state index in [1.807, 2.05) is 13.0 Å². The van der Waals surface area contributed by atoms with E-state index in [0.717, 1.165) is 10.9 Å². The SMILES string of the molecule is Cc1cc([N+](=O)[O-])c2ccncc2c1. The van der Waals surface area contributed by atoms with Gasteiger partial charge in [0.1, 0.15) is 0 Å². The van der Waals surface area contributed by atoms with Gasteiger partial charge in [-0.3, -0.25) is 15.1 Å². The van der Waals surface area contributed by atoms with E-state index in [1.165, 1.54) is 0 Å². The molecule has 0 aliphatic carbocycles. The Morgan fingerprint density at radius 1 is 1.43 bits per heavy atom. The lowest BCUT2D eigenvalue weighted by Crippen LogP contribution is -1.90. The standard InChI is InChI=1S/C10H8N2O2/c1-7-4-8-6-11-3-2-9(8)10(5-7)12(13)14/h2-6H,1H3. The van der Waals surface area contributed by atoms with Crippen molar-refractivity contribution in [3.8, 4) is 0 Å². The molecule has 0 fully saturated rings. The Bertz CT molecular complexity index is 508. The van der Waals surface area contributed by atoms with Gasteiger partial charge in [0.05, 0.1) is 10.3 Å². The molecule has 0 radical (unpaired) electrons. The van der Waals surface area contributed by atoms with Gasteiger partial charge in [-0.1, -0.05) is 0 Å². The number of hydrogen-bond acceptors (Lipinski definition) is 3. The third kappa shape index (κ3) is 1.31. The molecule has 0 unspecified atom stereocenters. The van der Waals surface area contributed by atoms with Gasteiger partial charge < -0.3 is 0 Å². The molecule has 0 saturated carbocycles. The first kappa shape index (κ1) is 8.62. The number of benzene rings is 1. The molecule has 0 amide bonds. The molecule has 1 aromatic heterocycles. The zero-order valence-corrected chi connectivity index (χ0v) is 7.60. The number of hydrogen-bond donors (Lipinski definition) is 0. The van der Waals surface area contributed by atoms with Crippen molar-refractivity contribution in [3.05, 3.63) is 46.3 Å². The summed E-state index contributed by atoms with van der Waals surface area (Å²) in [5.74, 6) is 0. The second-order valence-electron chi connectivity index (χ2n) is 3.14. The van der Waals surface area contributed by atoms with Crippen LogP contribution in [0.1, 0.15) is 5.56 Å². The summed E-state index contributed by atoms with van der Waals surface area (Å²) >= 11 is 0. The van der Waals surface area contributed by atoms with E-state index in [4.69, 9.17) is 0 Å². The average molecular weight is 188 g/mol. The number of nitrogens with zero attached hydrogens (tertiary/aromatic N) is 2. The minimum atomic E-state index is -0.366. The molecule has 1 heterocycles. The van der Waals surface area contributed by atoms with Gasteiger partial charge in [0.2, 0.25) is 0 Å². The number of nitro benzene ring substituents is 1. The summed E-state index contributed by atoms with van der Waals surface area (Å²) in [5, 5.41) is 12.2. The second kappa shape index (κ2) is 3.06. The molecule has 0 bridgehead atoms. The van der Waals surface area contributed by atoms with Crippen LogP contribution >= 0.6 is 0 Å². The topological polar surface area (TPSA) is 56.0 Å². The van der Waals surface area contributed by atoms with Crippen LogP contribution in [0.25, 0.3) is 10.8 Å². The fourth-order valence-electron chi connectivity index (χ4n) is 1.49. The highest BCUT2D eigenvalue weighted by molar-refractivity contribution is 5.90.